The third-order valence-electron chi connectivity index (χ3n) is 4.47. The fourth-order valence-corrected chi connectivity index (χ4v) is 3.01. The standard InChI is InChI=1S/C20H20F2N4O5/c1-26-5-2-3-11(4-6-26)15-7-12(14(9-24-15)19(23)27)13-8-16(18(21)22)25-10-17(13)31-20(28,29)30/h3-4,6-10,18,28-30H,2,5H2,1H3,(H2,23,27). The van der Waals surface area contributed by atoms with E-state index >= 15 is 0 Å². The fraction of sp³-hybridized carbons (Fsp3) is 0.250. The Morgan fingerprint density at radius 1 is 1.23 bits per heavy atom. The highest BCUT2D eigenvalue weighted by molar-refractivity contribution is 6.00. The number of nitrogens with zero attached hydrogens (tertiary/aromatic N) is 3. The zero-order valence-corrected chi connectivity index (χ0v) is 16.4. The van der Waals surface area contributed by atoms with E-state index in [4.69, 9.17) is 5.73 Å². The molecule has 5 N–H and O–H groups in total. The molecule has 0 radical (unpaired) electrons. The molecule has 2 aromatic rings. The Bertz CT molecular complexity index is 1050. The second kappa shape index (κ2) is 8.76. The maximum atomic E-state index is 13.3. The number of rotatable bonds is 6. The van der Waals surface area contributed by atoms with Crippen LogP contribution in [0.2, 0.25) is 0 Å². The van der Waals surface area contributed by atoms with Gasteiger partial charge in [-0.05, 0) is 36.4 Å². The van der Waals surface area contributed by atoms with Crippen LogP contribution in [0.15, 0.2) is 42.9 Å². The van der Waals surface area contributed by atoms with E-state index < -0.39 is 29.9 Å². The number of pyridine rings is 2. The van der Waals surface area contributed by atoms with Gasteiger partial charge in [-0.25, -0.2) is 8.78 Å². The number of allylic oxidation sites excluding steroid dienone is 2. The van der Waals surface area contributed by atoms with Gasteiger partial charge in [-0.3, -0.25) is 14.8 Å². The predicted molar refractivity (Wildman–Crippen MR) is 105 cm³/mol. The van der Waals surface area contributed by atoms with Gasteiger partial charge in [-0.1, -0.05) is 6.08 Å². The molecule has 0 spiro atoms. The van der Waals surface area contributed by atoms with E-state index in [0.717, 1.165) is 18.8 Å². The lowest BCUT2D eigenvalue weighted by molar-refractivity contribution is -0.419. The number of alkyl halides is 2. The Labute approximate surface area is 175 Å². The molecule has 0 unspecified atom stereocenters. The monoisotopic (exact) mass is 434 g/mol. The predicted octanol–water partition coefficient (Wildman–Crippen LogP) is 1.38. The number of halogens is 2. The van der Waals surface area contributed by atoms with Crippen molar-refractivity contribution >= 4 is 11.5 Å². The molecule has 0 aromatic carbocycles. The molecule has 1 aliphatic rings. The second-order valence-electron chi connectivity index (χ2n) is 6.81. The topological polar surface area (TPSA) is 142 Å². The van der Waals surface area contributed by atoms with Gasteiger partial charge in [0.25, 0.3) is 12.3 Å². The summed E-state index contributed by atoms with van der Waals surface area (Å²) in [4.78, 5) is 21.7. The molecule has 0 saturated heterocycles. The van der Waals surface area contributed by atoms with Crippen LogP contribution in [0.25, 0.3) is 16.7 Å². The number of carbonyl (C=O) groups is 1. The first-order valence-electron chi connectivity index (χ1n) is 9.08. The number of primary amides is 1. The van der Waals surface area contributed by atoms with Crippen LogP contribution in [0.5, 0.6) is 5.75 Å². The summed E-state index contributed by atoms with van der Waals surface area (Å²) in [5, 5.41) is 27.6. The normalized spacial score (nSPS) is 14.4. The first-order valence-corrected chi connectivity index (χ1v) is 9.08. The zero-order chi connectivity index (χ0) is 22.8. The number of hydrogen-bond acceptors (Lipinski definition) is 8. The molecule has 31 heavy (non-hydrogen) atoms. The first kappa shape index (κ1) is 22.3. The molecule has 3 heterocycles. The Balaban J connectivity index is 2.22. The number of carbonyl (C=O) groups excluding carboxylic acids is 1. The number of aliphatic hydroxyl groups is 3. The van der Waals surface area contributed by atoms with E-state index in [-0.39, 0.29) is 16.7 Å². The molecule has 2 aromatic heterocycles. The van der Waals surface area contributed by atoms with Crippen LogP contribution < -0.4 is 10.5 Å². The van der Waals surface area contributed by atoms with Gasteiger partial charge < -0.3 is 30.7 Å². The molecule has 0 saturated carbocycles. The van der Waals surface area contributed by atoms with Crippen molar-refractivity contribution in [1.82, 2.24) is 14.9 Å². The van der Waals surface area contributed by atoms with Gasteiger partial charge in [0.2, 0.25) is 0 Å². The minimum Gasteiger partial charge on any atom is -0.415 e. The van der Waals surface area contributed by atoms with Crippen LogP contribution >= 0.6 is 0 Å². The van der Waals surface area contributed by atoms with Crippen LogP contribution in [0.1, 0.15) is 34.6 Å². The molecular formula is C20H20F2N4O5. The van der Waals surface area contributed by atoms with Crippen molar-refractivity contribution in [2.75, 3.05) is 13.6 Å². The van der Waals surface area contributed by atoms with Gasteiger partial charge in [0, 0.05) is 30.9 Å². The molecule has 164 valence electrons. The van der Waals surface area contributed by atoms with Crippen LogP contribution in [0.3, 0.4) is 0 Å². The molecule has 0 atom stereocenters. The van der Waals surface area contributed by atoms with Crippen molar-refractivity contribution in [2.24, 2.45) is 5.73 Å². The van der Waals surface area contributed by atoms with E-state index in [2.05, 4.69) is 14.7 Å². The lowest BCUT2D eigenvalue weighted by atomic mass is 9.97. The van der Waals surface area contributed by atoms with Gasteiger partial charge in [-0.15, -0.1) is 0 Å². The summed E-state index contributed by atoms with van der Waals surface area (Å²) < 4.78 is 31.2. The number of hydrogen-bond donors (Lipinski definition) is 4. The SMILES string of the molecule is CN1C=CC(c2cc(-c3cc(C(F)F)ncc3OC(O)(O)O)c(C(N)=O)cn2)=CCC1. The Kier molecular flexibility index (Phi) is 6.29. The number of amides is 1. The molecule has 0 bridgehead atoms. The third kappa shape index (κ3) is 5.40. The number of nitrogens with two attached hydrogens (primary N) is 1. The van der Waals surface area contributed by atoms with Crippen LogP contribution in [-0.4, -0.2) is 55.8 Å². The minimum absolute atomic E-state index is 0.0351. The molecule has 11 heteroatoms. The summed E-state index contributed by atoms with van der Waals surface area (Å²) >= 11 is 0. The number of ether oxygens (including phenoxy) is 1. The van der Waals surface area contributed by atoms with E-state index in [9.17, 15) is 28.9 Å². The highest BCUT2D eigenvalue weighted by Crippen LogP contribution is 2.36. The lowest BCUT2D eigenvalue weighted by Crippen LogP contribution is -2.34. The molecule has 0 aliphatic carbocycles. The maximum absolute atomic E-state index is 13.3. The van der Waals surface area contributed by atoms with Gasteiger partial charge >= 0.3 is 6.16 Å². The Morgan fingerprint density at radius 2 is 1.97 bits per heavy atom. The molecule has 0 fully saturated rings. The fourth-order valence-electron chi connectivity index (χ4n) is 3.01. The third-order valence-corrected chi connectivity index (χ3v) is 4.47. The van der Waals surface area contributed by atoms with Gasteiger partial charge in [0.15, 0.2) is 5.75 Å². The molecule has 1 aliphatic heterocycles. The highest BCUT2D eigenvalue weighted by atomic mass is 19.3. The number of aromatic nitrogens is 2. The van der Waals surface area contributed by atoms with E-state index in [1.54, 1.807) is 6.08 Å². The van der Waals surface area contributed by atoms with Gasteiger partial charge in [-0.2, -0.15) is 0 Å². The largest absolute Gasteiger partial charge is 0.453 e. The average molecular weight is 434 g/mol. The average Bonchev–Trinajstić information content (AvgIpc) is 2.91. The molecule has 3 rings (SSSR count). The lowest BCUT2D eigenvalue weighted by Gasteiger charge is -2.19. The summed E-state index contributed by atoms with van der Waals surface area (Å²) in [7, 11) is 1.90. The molecular weight excluding hydrogens is 414 g/mol. The van der Waals surface area contributed by atoms with E-state index in [0.29, 0.717) is 17.7 Å². The smallest absolute Gasteiger partial charge is 0.415 e. The van der Waals surface area contributed by atoms with Crippen LogP contribution in [0, 0.1) is 0 Å². The summed E-state index contributed by atoms with van der Waals surface area (Å²) in [6.45, 7) is 0.776. The maximum Gasteiger partial charge on any atom is 0.453 e. The summed E-state index contributed by atoms with van der Waals surface area (Å²) in [5.41, 5.74) is 5.64. The Morgan fingerprint density at radius 3 is 2.61 bits per heavy atom. The summed E-state index contributed by atoms with van der Waals surface area (Å²) in [6, 6.07) is 2.34. The Hall–Kier alpha value is -3.41. The van der Waals surface area contributed by atoms with Crippen molar-refractivity contribution in [3.63, 3.8) is 0 Å². The van der Waals surface area contributed by atoms with Crippen LogP contribution in [0.4, 0.5) is 8.78 Å². The summed E-state index contributed by atoms with van der Waals surface area (Å²) in [6.07, 6.45) is 1.68. The minimum atomic E-state index is -3.61. The van der Waals surface area contributed by atoms with E-state index in [1.807, 2.05) is 24.2 Å². The molecule has 1 amide bonds. The van der Waals surface area contributed by atoms with Crippen molar-refractivity contribution in [3.05, 3.63) is 59.8 Å². The van der Waals surface area contributed by atoms with E-state index in [1.165, 1.54) is 12.3 Å². The van der Waals surface area contributed by atoms with Gasteiger partial charge in [0.05, 0.1) is 17.5 Å². The van der Waals surface area contributed by atoms with Gasteiger partial charge in [0.1, 0.15) is 5.69 Å². The highest BCUT2D eigenvalue weighted by Gasteiger charge is 2.26. The quantitative estimate of drug-likeness (QED) is 0.500. The van der Waals surface area contributed by atoms with Crippen molar-refractivity contribution in [3.8, 4) is 16.9 Å². The van der Waals surface area contributed by atoms with Crippen molar-refractivity contribution in [2.45, 2.75) is 19.0 Å². The van der Waals surface area contributed by atoms with Crippen LogP contribution in [-0.2, 0) is 0 Å². The van der Waals surface area contributed by atoms with Crippen molar-refractivity contribution < 1.29 is 33.6 Å². The van der Waals surface area contributed by atoms with Crippen molar-refractivity contribution in [1.29, 1.82) is 0 Å². The summed E-state index contributed by atoms with van der Waals surface area (Å²) in [5.74, 6) is -1.37. The zero-order valence-electron chi connectivity index (χ0n) is 16.4. The first-order chi connectivity index (χ1) is 14.5. The second-order valence-corrected chi connectivity index (χ2v) is 6.81. The molecule has 9 nitrogen and oxygen atoms in total.